The Morgan fingerprint density at radius 3 is 1.67 bits per heavy atom. The van der Waals surface area contributed by atoms with E-state index >= 15 is 0 Å². The minimum atomic E-state index is -6.00. The Balaban J connectivity index is 0. The number of methoxy groups -OCH3 is 2. The van der Waals surface area contributed by atoms with Crippen molar-refractivity contribution >= 4 is 7.25 Å². The monoisotopic (exact) mass is 235 g/mol. The Morgan fingerprint density at radius 1 is 1.13 bits per heavy atom. The van der Waals surface area contributed by atoms with Crippen LogP contribution in [0.5, 0.6) is 0 Å². The number of quaternary nitrogens is 1. The Morgan fingerprint density at radius 2 is 1.47 bits per heavy atom. The molecule has 0 aromatic heterocycles. The Hall–Kier alpha value is -0.335. The van der Waals surface area contributed by atoms with Crippen molar-refractivity contribution in [3.05, 3.63) is 0 Å². The molecule has 8 heteroatoms. The van der Waals surface area contributed by atoms with E-state index < -0.39 is 7.25 Å². The number of rotatable bonds is 5. The molecule has 1 N–H and O–H groups in total. The fourth-order valence-corrected chi connectivity index (χ4v) is 1.01. The molecule has 1 unspecified atom stereocenters. The van der Waals surface area contributed by atoms with Crippen molar-refractivity contribution in [3.63, 3.8) is 0 Å². The molecule has 0 amide bonds. The average Bonchev–Trinajstić information content (AvgIpc) is 2.03. The van der Waals surface area contributed by atoms with Crippen LogP contribution in [0, 0.1) is 0 Å². The van der Waals surface area contributed by atoms with Gasteiger partial charge in [0.1, 0.15) is 0 Å². The van der Waals surface area contributed by atoms with Gasteiger partial charge >= 0.3 is 13.7 Å². The Kier molecular flexibility index (Phi) is 10.2. The predicted octanol–water partition coefficient (Wildman–Crippen LogP) is 0.787. The van der Waals surface area contributed by atoms with E-state index in [2.05, 4.69) is 14.0 Å². The molecule has 0 aliphatic carbocycles. The van der Waals surface area contributed by atoms with Crippen molar-refractivity contribution in [2.45, 2.75) is 19.8 Å². The van der Waals surface area contributed by atoms with Crippen molar-refractivity contribution in [2.75, 3.05) is 27.8 Å². The average molecular weight is 235 g/mol. The highest BCUT2D eigenvalue weighted by molar-refractivity contribution is 6.50. The molecule has 94 valence electrons. The van der Waals surface area contributed by atoms with Gasteiger partial charge in [-0.15, -0.1) is 0 Å². The zero-order valence-electron chi connectivity index (χ0n) is 9.40. The van der Waals surface area contributed by atoms with Crippen LogP contribution in [0.15, 0.2) is 0 Å². The van der Waals surface area contributed by atoms with Crippen molar-refractivity contribution in [1.29, 1.82) is 0 Å². The maximum atomic E-state index is 9.75. The quantitative estimate of drug-likeness (QED) is 0.432. The van der Waals surface area contributed by atoms with E-state index in [4.69, 9.17) is 9.47 Å². The van der Waals surface area contributed by atoms with Crippen LogP contribution in [0.25, 0.3) is 0 Å². The van der Waals surface area contributed by atoms with Crippen molar-refractivity contribution in [2.24, 2.45) is 0 Å². The van der Waals surface area contributed by atoms with E-state index in [1.807, 2.05) is 0 Å². The summed E-state index contributed by atoms with van der Waals surface area (Å²) in [6.45, 7) is 3.22. The standard InChI is InChI=1S/C7H17NO2.BF4/c1-5-6-8(2)7(9-3)10-4;2-1(3,4)5/h7H,5-6H2,1-4H3;/q;-1/p+1. The summed E-state index contributed by atoms with van der Waals surface area (Å²) in [5.74, 6) is 0. The molecule has 0 aromatic rings. The van der Waals surface area contributed by atoms with Crippen LogP contribution in [-0.4, -0.2) is 41.5 Å². The van der Waals surface area contributed by atoms with Gasteiger partial charge in [0.05, 0.1) is 13.6 Å². The van der Waals surface area contributed by atoms with Gasteiger partial charge in [-0.25, -0.2) is 0 Å². The van der Waals surface area contributed by atoms with Crippen LogP contribution in [0.2, 0.25) is 0 Å². The highest BCUT2D eigenvalue weighted by Crippen LogP contribution is 2.06. The van der Waals surface area contributed by atoms with Gasteiger partial charge in [0.15, 0.2) is 0 Å². The Bertz CT molecular complexity index is 137. The van der Waals surface area contributed by atoms with Gasteiger partial charge in [-0.05, 0) is 6.42 Å². The highest BCUT2D eigenvalue weighted by atomic mass is 19.5. The lowest BCUT2D eigenvalue weighted by molar-refractivity contribution is -0.955. The van der Waals surface area contributed by atoms with Crippen LogP contribution >= 0.6 is 0 Å². The third-order valence-electron chi connectivity index (χ3n) is 1.47. The lowest BCUT2D eigenvalue weighted by Gasteiger charge is -2.20. The Labute approximate surface area is 87.4 Å². The summed E-state index contributed by atoms with van der Waals surface area (Å²) < 4.78 is 49.1. The molecule has 0 aliphatic heterocycles. The van der Waals surface area contributed by atoms with Crippen LogP contribution in [-0.2, 0) is 9.47 Å². The first-order chi connectivity index (χ1) is 6.76. The van der Waals surface area contributed by atoms with Crippen LogP contribution in [0.3, 0.4) is 0 Å². The number of nitrogens with one attached hydrogen (secondary N) is 1. The zero-order valence-corrected chi connectivity index (χ0v) is 9.40. The first-order valence-corrected chi connectivity index (χ1v) is 4.51. The van der Waals surface area contributed by atoms with Crippen LogP contribution in [0.4, 0.5) is 17.3 Å². The second-order valence-electron chi connectivity index (χ2n) is 2.89. The van der Waals surface area contributed by atoms with Gasteiger partial charge in [0.25, 0.3) is 0 Å². The van der Waals surface area contributed by atoms with Gasteiger partial charge in [0, 0.05) is 14.2 Å². The van der Waals surface area contributed by atoms with Crippen LogP contribution in [0.1, 0.15) is 13.3 Å². The molecule has 0 aliphatic rings. The number of hydrogen-bond donors (Lipinski definition) is 1. The molecule has 0 heterocycles. The third-order valence-corrected chi connectivity index (χ3v) is 1.47. The summed E-state index contributed by atoms with van der Waals surface area (Å²) in [5, 5.41) is 0. The van der Waals surface area contributed by atoms with Gasteiger partial charge in [-0.1, -0.05) is 6.92 Å². The minimum absolute atomic E-state index is 0.111. The first kappa shape index (κ1) is 17.1. The second-order valence-corrected chi connectivity index (χ2v) is 2.89. The van der Waals surface area contributed by atoms with E-state index in [9.17, 15) is 17.3 Å². The maximum absolute atomic E-state index is 9.75. The van der Waals surface area contributed by atoms with Gasteiger partial charge < -0.3 is 26.7 Å². The largest absolute Gasteiger partial charge is 0.673 e. The van der Waals surface area contributed by atoms with Gasteiger partial charge in [-0.2, -0.15) is 0 Å². The van der Waals surface area contributed by atoms with E-state index in [1.54, 1.807) is 14.2 Å². The minimum Gasteiger partial charge on any atom is -0.418 e. The zero-order chi connectivity index (χ0) is 12.5. The highest BCUT2D eigenvalue weighted by Gasteiger charge is 2.20. The van der Waals surface area contributed by atoms with E-state index in [0.29, 0.717) is 0 Å². The van der Waals surface area contributed by atoms with E-state index in [1.165, 1.54) is 4.90 Å². The van der Waals surface area contributed by atoms with Gasteiger partial charge in [0.2, 0.25) is 0 Å². The SMILES string of the molecule is CCC[NH+](C)C(OC)OC.F[B-](F)(F)F. The summed E-state index contributed by atoms with van der Waals surface area (Å²) in [7, 11) is -0.623. The molecule has 0 saturated heterocycles. The lowest BCUT2D eigenvalue weighted by Crippen LogP contribution is -3.13. The third kappa shape index (κ3) is 16.3. The van der Waals surface area contributed by atoms with Gasteiger partial charge in [-0.3, -0.25) is 4.90 Å². The molecule has 0 spiro atoms. The predicted molar refractivity (Wildman–Crippen MR) is 50.0 cm³/mol. The fourth-order valence-electron chi connectivity index (χ4n) is 1.01. The molecule has 0 radical (unpaired) electrons. The second kappa shape index (κ2) is 8.93. The van der Waals surface area contributed by atoms with Crippen molar-refractivity contribution in [1.82, 2.24) is 0 Å². The summed E-state index contributed by atoms with van der Waals surface area (Å²) >= 11 is 0. The summed E-state index contributed by atoms with van der Waals surface area (Å²) in [6.07, 6.45) is 1.04. The molecule has 0 aromatic carbocycles. The van der Waals surface area contributed by atoms with Crippen molar-refractivity contribution in [3.8, 4) is 0 Å². The summed E-state index contributed by atoms with van der Waals surface area (Å²) in [6, 6.07) is 0. The molecule has 1 atom stereocenters. The smallest absolute Gasteiger partial charge is 0.418 e. The normalized spacial score (nSPS) is 13.4. The number of ether oxygens (including phenoxy) is 2. The summed E-state index contributed by atoms with van der Waals surface area (Å²) in [5.41, 5.74) is 0. The number of halogens is 4. The first-order valence-electron chi connectivity index (χ1n) is 4.51. The lowest BCUT2D eigenvalue weighted by atomic mass is 10.3. The summed E-state index contributed by atoms with van der Waals surface area (Å²) in [4.78, 5) is 1.26. The number of hydrogen-bond acceptors (Lipinski definition) is 2. The topological polar surface area (TPSA) is 22.9 Å². The van der Waals surface area contributed by atoms with E-state index in [-0.39, 0.29) is 6.41 Å². The molecule has 0 rings (SSSR count). The molecule has 0 saturated carbocycles. The molecule has 0 bridgehead atoms. The van der Waals surface area contributed by atoms with Crippen LogP contribution < -0.4 is 4.90 Å². The molecule has 3 nitrogen and oxygen atoms in total. The maximum Gasteiger partial charge on any atom is 0.673 e. The van der Waals surface area contributed by atoms with Crippen molar-refractivity contribution < 1.29 is 31.6 Å². The molecule has 15 heavy (non-hydrogen) atoms. The molecular formula is C7H18BF4NO2. The fraction of sp³-hybridized carbons (Fsp3) is 1.00. The van der Waals surface area contributed by atoms with E-state index in [0.717, 1.165) is 13.0 Å². The molecule has 0 fully saturated rings. The molecular weight excluding hydrogens is 217 g/mol.